The molecule has 0 aliphatic rings. The molecule has 84 valence electrons. The first-order valence-electron chi connectivity index (χ1n) is 4.45. The summed E-state index contributed by atoms with van der Waals surface area (Å²) in [6.07, 6.45) is 0. The number of nitriles is 1. The number of nitrogens with zero attached hydrogens (tertiary/aromatic N) is 2. The van der Waals surface area contributed by atoms with E-state index < -0.39 is 5.97 Å². The van der Waals surface area contributed by atoms with Crippen molar-refractivity contribution in [2.75, 3.05) is 6.61 Å². The molecule has 0 saturated carbocycles. The number of carbonyl (C=O) groups is 1. The van der Waals surface area contributed by atoms with Gasteiger partial charge >= 0.3 is 5.97 Å². The Balaban J connectivity index is 3.46. The zero-order valence-corrected chi connectivity index (χ0v) is 11.0. The van der Waals surface area contributed by atoms with Crippen molar-refractivity contribution in [3.05, 3.63) is 26.4 Å². The fourth-order valence-electron chi connectivity index (χ4n) is 1.14. The Kier molecular flexibility index (Phi) is 4.27. The molecular formula is C10H8BrClN2O2. The quantitative estimate of drug-likeness (QED) is 0.622. The van der Waals surface area contributed by atoms with Gasteiger partial charge in [-0.3, -0.25) is 0 Å². The molecule has 0 aliphatic heterocycles. The molecule has 0 aromatic carbocycles. The SMILES string of the molecule is CCOC(=O)c1c(Br)c(C)nc(Cl)c1C#N. The Morgan fingerprint density at radius 3 is 2.81 bits per heavy atom. The minimum Gasteiger partial charge on any atom is -0.462 e. The lowest BCUT2D eigenvalue weighted by Crippen LogP contribution is -2.10. The van der Waals surface area contributed by atoms with Crippen LogP contribution in [0.4, 0.5) is 0 Å². The highest BCUT2D eigenvalue weighted by Crippen LogP contribution is 2.28. The van der Waals surface area contributed by atoms with Gasteiger partial charge in [0.15, 0.2) is 0 Å². The van der Waals surface area contributed by atoms with E-state index in [1.807, 2.05) is 6.07 Å². The van der Waals surface area contributed by atoms with E-state index in [4.69, 9.17) is 21.6 Å². The molecule has 4 nitrogen and oxygen atoms in total. The minimum atomic E-state index is -0.585. The number of rotatable bonds is 2. The molecule has 16 heavy (non-hydrogen) atoms. The second kappa shape index (κ2) is 5.28. The van der Waals surface area contributed by atoms with E-state index in [2.05, 4.69) is 20.9 Å². The number of hydrogen-bond acceptors (Lipinski definition) is 4. The maximum Gasteiger partial charge on any atom is 0.340 e. The monoisotopic (exact) mass is 302 g/mol. The summed E-state index contributed by atoms with van der Waals surface area (Å²) in [6.45, 7) is 3.60. The number of carbonyl (C=O) groups excluding carboxylic acids is 1. The topological polar surface area (TPSA) is 63.0 Å². The summed E-state index contributed by atoms with van der Waals surface area (Å²) < 4.78 is 5.29. The largest absolute Gasteiger partial charge is 0.462 e. The van der Waals surface area contributed by atoms with Gasteiger partial charge in [0.25, 0.3) is 0 Å². The Morgan fingerprint density at radius 1 is 1.69 bits per heavy atom. The van der Waals surface area contributed by atoms with Crippen LogP contribution in [0.25, 0.3) is 0 Å². The predicted molar refractivity (Wildman–Crippen MR) is 62.4 cm³/mol. The predicted octanol–water partition coefficient (Wildman–Crippen LogP) is 2.85. The van der Waals surface area contributed by atoms with Crippen LogP contribution in [0.2, 0.25) is 5.15 Å². The van der Waals surface area contributed by atoms with E-state index in [1.165, 1.54) is 0 Å². The third-order valence-corrected chi connectivity index (χ3v) is 3.09. The second-order valence-corrected chi connectivity index (χ2v) is 4.04. The number of pyridine rings is 1. The molecular weight excluding hydrogens is 295 g/mol. The van der Waals surface area contributed by atoms with Gasteiger partial charge in [0.05, 0.1) is 22.3 Å². The van der Waals surface area contributed by atoms with Crippen LogP contribution in [-0.2, 0) is 4.74 Å². The van der Waals surface area contributed by atoms with Crippen molar-refractivity contribution in [2.24, 2.45) is 0 Å². The summed E-state index contributed by atoms with van der Waals surface area (Å²) in [7, 11) is 0. The fraction of sp³-hybridized carbons (Fsp3) is 0.300. The molecule has 1 aromatic rings. The molecule has 0 atom stereocenters. The van der Waals surface area contributed by atoms with Gasteiger partial charge in [0, 0.05) is 0 Å². The van der Waals surface area contributed by atoms with E-state index in [-0.39, 0.29) is 22.9 Å². The molecule has 0 fully saturated rings. The zero-order valence-electron chi connectivity index (χ0n) is 8.67. The van der Waals surface area contributed by atoms with Gasteiger partial charge in [-0.1, -0.05) is 11.6 Å². The van der Waals surface area contributed by atoms with Crippen LogP contribution in [0.15, 0.2) is 4.47 Å². The molecule has 1 rings (SSSR count). The number of aryl methyl sites for hydroxylation is 1. The summed E-state index contributed by atoms with van der Waals surface area (Å²) in [4.78, 5) is 15.6. The normalized spacial score (nSPS) is 9.69. The molecule has 0 saturated heterocycles. The van der Waals surface area contributed by atoms with Crippen molar-refractivity contribution < 1.29 is 9.53 Å². The Morgan fingerprint density at radius 2 is 2.31 bits per heavy atom. The van der Waals surface area contributed by atoms with E-state index >= 15 is 0 Å². The lowest BCUT2D eigenvalue weighted by molar-refractivity contribution is 0.0524. The molecule has 0 radical (unpaired) electrons. The minimum absolute atomic E-state index is 0.00579. The molecule has 0 amide bonds. The van der Waals surface area contributed by atoms with Gasteiger partial charge in [-0.05, 0) is 29.8 Å². The van der Waals surface area contributed by atoms with E-state index in [0.717, 1.165) is 0 Å². The van der Waals surface area contributed by atoms with Crippen molar-refractivity contribution in [1.82, 2.24) is 4.98 Å². The smallest absolute Gasteiger partial charge is 0.340 e. The molecule has 0 N–H and O–H groups in total. The van der Waals surface area contributed by atoms with Gasteiger partial charge in [0.2, 0.25) is 0 Å². The number of hydrogen-bond donors (Lipinski definition) is 0. The summed E-state index contributed by atoms with van der Waals surface area (Å²) in [6, 6.07) is 1.85. The lowest BCUT2D eigenvalue weighted by Gasteiger charge is -2.09. The van der Waals surface area contributed by atoms with Crippen LogP contribution in [0.1, 0.15) is 28.5 Å². The van der Waals surface area contributed by atoms with Crippen LogP contribution < -0.4 is 0 Å². The molecule has 1 aromatic heterocycles. The summed E-state index contributed by atoms with van der Waals surface area (Å²) in [5, 5.41) is 8.93. The van der Waals surface area contributed by atoms with Crippen molar-refractivity contribution in [3.63, 3.8) is 0 Å². The average molecular weight is 304 g/mol. The molecule has 0 spiro atoms. The maximum absolute atomic E-state index is 11.7. The summed E-state index contributed by atoms with van der Waals surface area (Å²) in [5.41, 5.74) is 0.687. The first-order valence-corrected chi connectivity index (χ1v) is 5.62. The highest BCUT2D eigenvalue weighted by molar-refractivity contribution is 9.10. The van der Waals surface area contributed by atoms with Crippen molar-refractivity contribution in [3.8, 4) is 6.07 Å². The molecule has 0 unspecified atom stereocenters. The van der Waals surface area contributed by atoms with Crippen LogP contribution in [0.5, 0.6) is 0 Å². The highest BCUT2D eigenvalue weighted by atomic mass is 79.9. The zero-order chi connectivity index (χ0) is 12.3. The van der Waals surface area contributed by atoms with E-state index in [1.54, 1.807) is 13.8 Å². The van der Waals surface area contributed by atoms with Crippen molar-refractivity contribution in [2.45, 2.75) is 13.8 Å². The van der Waals surface area contributed by atoms with Crippen molar-refractivity contribution >= 4 is 33.5 Å². The van der Waals surface area contributed by atoms with Crippen LogP contribution in [-0.4, -0.2) is 17.6 Å². The van der Waals surface area contributed by atoms with Gasteiger partial charge in [-0.15, -0.1) is 0 Å². The molecule has 1 heterocycles. The molecule has 6 heteroatoms. The van der Waals surface area contributed by atoms with Gasteiger partial charge < -0.3 is 4.74 Å². The summed E-state index contributed by atoms with van der Waals surface area (Å²) in [5.74, 6) is -0.585. The average Bonchev–Trinajstić information content (AvgIpc) is 2.23. The first kappa shape index (κ1) is 12.9. The maximum atomic E-state index is 11.7. The standard InChI is InChI=1S/C10H8BrClN2O2/c1-3-16-10(15)7-6(4-13)9(12)14-5(2)8(7)11/h3H2,1-2H3. The van der Waals surface area contributed by atoms with Gasteiger partial charge in [-0.2, -0.15) is 5.26 Å². The first-order chi connectivity index (χ1) is 7.52. The number of ether oxygens (including phenoxy) is 1. The molecule has 0 bridgehead atoms. The second-order valence-electron chi connectivity index (χ2n) is 2.88. The number of halogens is 2. The van der Waals surface area contributed by atoms with Crippen LogP contribution in [0.3, 0.4) is 0 Å². The fourth-order valence-corrected chi connectivity index (χ4v) is 1.86. The van der Waals surface area contributed by atoms with Gasteiger partial charge in [0.1, 0.15) is 16.8 Å². The van der Waals surface area contributed by atoms with Crippen LogP contribution >= 0.6 is 27.5 Å². The molecule has 0 aliphatic carbocycles. The Labute approximate surface area is 106 Å². The van der Waals surface area contributed by atoms with Crippen molar-refractivity contribution in [1.29, 1.82) is 5.26 Å². The number of esters is 1. The highest BCUT2D eigenvalue weighted by Gasteiger charge is 2.22. The third-order valence-electron chi connectivity index (χ3n) is 1.85. The van der Waals surface area contributed by atoms with E-state index in [0.29, 0.717) is 10.2 Å². The summed E-state index contributed by atoms with van der Waals surface area (Å²) >= 11 is 8.99. The Hall–Kier alpha value is -1.12. The van der Waals surface area contributed by atoms with Gasteiger partial charge in [-0.25, -0.2) is 9.78 Å². The number of aromatic nitrogens is 1. The van der Waals surface area contributed by atoms with Crippen LogP contribution in [0, 0.1) is 18.3 Å². The van der Waals surface area contributed by atoms with E-state index in [9.17, 15) is 4.79 Å². The Bertz CT molecular complexity index is 483. The third kappa shape index (κ3) is 2.34. The lowest BCUT2D eigenvalue weighted by atomic mass is 10.1.